The summed E-state index contributed by atoms with van der Waals surface area (Å²) in [4.78, 5) is 0. The summed E-state index contributed by atoms with van der Waals surface area (Å²) < 4.78 is 1.90. The van der Waals surface area contributed by atoms with E-state index in [1.54, 1.807) is 0 Å². The van der Waals surface area contributed by atoms with Crippen LogP contribution in [0.3, 0.4) is 0 Å². The van der Waals surface area contributed by atoms with Gasteiger partial charge in [0.25, 0.3) is 0 Å². The summed E-state index contributed by atoms with van der Waals surface area (Å²) in [6, 6.07) is 0. The summed E-state index contributed by atoms with van der Waals surface area (Å²) in [5.41, 5.74) is 2.30. The molecule has 104 valence electrons. The van der Waals surface area contributed by atoms with Crippen LogP contribution in [0.25, 0.3) is 0 Å². The number of nitrogens with one attached hydrogen (secondary N) is 1. The van der Waals surface area contributed by atoms with Gasteiger partial charge in [-0.3, -0.25) is 4.68 Å². The Kier molecular flexibility index (Phi) is 5.67. The molecule has 0 saturated carbocycles. The maximum atomic E-state index is 6.36. The van der Waals surface area contributed by atoms with Crippen molar-refractivity contribution < 1.29 is 0 Å². The van der Waals surface area contributed by atoms with Gasteiger partial charge < -0.3 is 5.32 Å². The summed E-state index contributed by atoms with van der Waals surface area (Å²) in [5, 5.41) is 8.95. The highest BCUT2D eigenvalue weighted by Crippen LogP contribution is 2.24. The first-order valence-corrected chi connectivity index (χ1v) is 7.36. The molecule has 0 atom stereocenters. The van der Waals surface area contributed by atoms with Gasteiger partial charge in [-0.1, -0.05) is 39.3 Å². The standard InChI is InChI=1S/C14H26ClN3/c1-6-11-13(15)12(18(5)17-11)10-16-14(7-2,8-3)9-4/h16H,6-10H2,1-5H3. The summed E-state index contributed by atoms with van der Waals surface area (Å²) >= 11 is 6.36. The first-order chi connectivity index (χ1) is 8.53. The monoisotopic (exact) mass is 271 g/mol. The summed E-state index contributed by atoms with van der Waals surface area (Å²) in [5.74, 6) is 0. The Bertz CT molecular complexity index is 372. The minimum Gasteiger partial charge on any atom is -0.306 e. The molecule has 1 heterocycles. The Labute approximate surface area is 116 Å². The molecule has 1 rings (SSSR count). The van der Waals surface area contributed by atoms with Crippen LogP contribution in [0.2, 0.25) is 5.02 Å². The van der Waals surface area contributed by atoms with Gasteiger partial charge in [0, 0.05) is 19.1 Å². The van der Waals surface area contributed by atoms with Crippen LogP contribution in [0.15, 0.2) is 0 Å². The minimum atomic E-state index is 0.222. The van der Waals surface area contributed by atoms with E-state index < -0.39 is 0 Å². The fourth-order valence-corrected chi connectivity index (χ4v) is 2.77. The molecule has 0 spiro atoms. The molecular formula is C14H26ClN3. The third-order valence-corrected chi connectivity index (χ3v) is 4.60. The fourth-order valence-electron chi connectivity index (χ4n) is 2.41. The van der Waals surface area contributed by atoms with Gasteiger partial charge in [-0.05, 0) is 25.7 Å². The SMILES string of the molecule is CCc1nn(C)c(CNC(CC)(CC)CC)c1Cl. The predicted molar refractivity (Wildman–Crippen MR) is 78.0 cm³/mol. The second-order valence-electron chi connectivity index (χ2n) is 4.88. The average Bonchev–Trinajstić information content (AvgIpc) is 2.67. The Balaban J connectivity index is 2.82. The summed E-state index contributed by atoms with van der Waals surface area (Å²) in [6.07, 6.45) is 4.29. The van der Waals surface area contributed by atoms with Crippen molar-refractivity contribution in [3.63, 3.8) is 0 Å². The van der Waals surface area contributed by atoms with Gasteiger partial charge in [-0.25, -0.2) is 0 Å². The average molecular weight is 272 g/mol. The van der Waals surface area contributed by atoms with E-state index in [9.17, 15) is 0 Å². The molecule has 0 aliphatic heterocycles. The molecule has 4 heteroatoms. The Morgan fingerprint density at radius 3 is 2.11 bits per heavy atom. The van der Waals surface area contributed by atoms with Gasteiger partial charge in [-0.15, -0.1) is 0 Å². The maximum Gasteiger partial charge on any atom is 0.0863 e. The van der Waals surface area contributed by atoms with E-state index in [1.165, 1.54) is 0 Å². The zero-order valence-corrected chi connectivity index (χ0v) is 13.1. The lowest BCUT2D eigenvalue weighted by molar-refractivity contribution is 0.285. The smallest absolute Gasteiger partial charge is 0.0863 e. The van der Waals surface area contributed by atoms with Crippen molar-refractivity contribution in [2.75, 3.05) is 0 Å². The van der Waals surface area contributed by atoms with E-state index >= 15 is 0 Å². The molecule has 0 saturated heterocycles. The molecule has 3 nitrogen and oxygen atoms in total. The Hall–Kier alpha value is -0.540. The third kappa shape index (κ3) is 3.07. The normalized spacial score (nSPS) is 12.1. The van der Waals surface area contributed by atoms with Gasteiger partial charge in [0.05, 0.1) is 16.4 Å². The zero-order valence-electron chi connectivity index (χ0n) is 12.3. The Morgan fingerprint density at radius 1 is 1.17 bits per heavy atom. The molecule has 1 N–H and O–H groups in total. The molecule has 18 heavy (non-hydrogen) atoms. The van der Waals surface area contributed by atoms with E-state index in [1.807, 2.05) is 11.7 Å². The van der Waals surface area contributed by atoms with Crippen LogP contribution in [-0.2, 0) is 20.0 Å². The van der Waals surface area contributed by atoms with Gasteiger partial charge >= 0.3 is 0 Å². The van der Waals surface area contributed by atoms with Crippen molar-refractivity contribution in [2.45, 2.75) is 65.5 Å². The quantitative estimate of drug-likeness (QED) is 0.820. The van der Waals surface area contributed by atoms with E-state index in [4.69, 9.17) is 11.6 Å². The molecule has 0 fully saturated rings. The lowest BCUT2D eigenvalue weighted by Crippen LogP contribution is -2.43. The van der Waals surface area contributed by atoms with E-state index in [0.717, 1.165) is 48.6 Å². The van der Waals surface area contributed by atoms with Gasteiger partial charge in [-0.2, -0.15) is 5.10 Å². The number of aromatic nitrogens is 2. The fraction of sp³-hybridized carbons (Fsp3) is 0.786. The molecule has 0 amide bonds. The molecule has 0 radical (unpaired) electrons. The molecule has 0 bridgehead atoms. The van der Waals surface area contributed by atoms with E-state index in [2.05, 4.69) is 38.1 Å². The molecule has 1 aromatic heterocycles. The molecule has 0 unspecified atom stereocenters. The first kappa shape index (κ1) is 15.5. The zero-order chi connectivity index (χ0) is 13.8. The molecular weight excluding hydrogens is 246 g/mol. The van der Waals surface area contributed by atoms with Crippen LogP contribution in [0.5, 0.6) is 0 Å². The number of hydrogen-bond acceptors (Lipinski definition) is 2. The summed E-state index contributed by atoms with van der Waals surface area (Å²) in [6.45, 7) is 9.59. The topological polar surface area (TPSA) is 29.9 Å². The molecule has 0 aliphatic carbocycles. The summed E-state index contributed by atoms with van der Waals surface area (Å²) in [7, 11) is 1.97. The highest BCUT2D eigenvalue weighted by Gasteiger charge is 2.24. The highest BCUT2D eigenvalue weighted by molar-refractivity contribution is 6.31. The van der Waals surface area contributed by atoms with Crippen molar-refractivity contribution >= 4 is 11.6 Å². The van der Waals surface area contributed by atoms with Crippen molar-refractivity contribution in [1.82, 2.24) is 15.1 Å². The number of hydrogen-bond donors (Lipinski definition) is 1. The van der Waals surface area contributed by atoms with Gasteiger partial charge in [0.1, 0.15) is 0 Å². The predicted octanol–water partition coefficient (Wildman–Crippen LogP) is 3.69. The second-order valence-corrected chi connectivity index (χ2v) is 5.26. The number of nitrogens with zero attached hydrogens (tertiary/aromatic N) is 2. The van der Waals surface area contributed by atoms with Crippen LogP contribution >= 0.6 is 11.6 Å². The lowest BCUT2D eigenvalue weighted by atomic mass is 9.90. The molecule has 0 aliphatic rings. The number of halogens is 1. The van der Waals surface area contributed by atoms with Crippen molar-refractivity contribution in [3.8, 4) is 0 Å². The van der Waals surface area contributed by atoms with Crippen LogP contribution in [0.1, 0.15) is 58.3 Å². The van der Waals surface area contributed by atoms with Crippen LogP contribution in [0.4, 0.5) is 0 Å². The van der Waals surface area contributed by atoms with E-state index in [-0.39, 0.29) is 5.54 Å². The molecule has 1 aromatic rings. The third-order valence-electron chi connectivity index (χ3n) is 4.16. The second kappa shape index (κ2) is 6.58. The van der Waals surface area contributed by atoms with Crippen LogP contribution in [0, 0.1) is 0 Å². The van der Waals surface area contributed by atoms with Crippen LogP contribution < -0.4 is 5.32 Å². The van der Waals surface area contributed by atoms with Crippen molar-refractivity contribution in [3.05, 3.63) is 16.4 Å². The van der Waals surface area contributed by atoms with E-state index in [0.29, 0.717) is 0 Å². The first-order valence-electron chi connectivity index (χ1n) is 6.98. The highest BCUT2D eigenvalue weighted by atomic mass is 35.5. The largest absolute Gasteiger partial charge is 0.306 e. The van der Waals surface area contributed by atoms with Crippen molar-refractivity contribution in [2.24, 2.45) is 7.05 Å². The minimum absolute atomic E-state index is 0.222. The van der Waals surface area contributed by atoms with Gasteiger partial charge in [0.15, 0.2) is 0 Å². The molecule has 0 aromatic carbocycles. The van der Waals surface area contributed by atoms with Crippen molar-refractivity contribution in [1.29, 1.82) is 0 Å². The number of rotatable bonds is 7. The Morgan fingerprint density at radius 2 is 1.72 bits per heavy atom. The van der Waals surface area contributed by atoms with Gasteiger partial charge in [0.2, 0.25) is 0 Å². The lowest BCUT2D eigenvalue weighted by Gasteiger charge is -2.32. The maximum absolute atomic E-state index is 6.36. The van der Waals surface area contributed by atoms with Crippen LogP contribution in [-0.4, -0.2) is 15.3 Å². The number of aryl methyl sites for hydroxylation is 2.